The predicted octanol–water partition coefficient (Wildman–Crippen LogP) is 2.38. The summed E-state index contributed by atoms with van der Waals surface area (Å²) < 4.78 is 10.3. The van der Waals surface area contributed by atoms with Crippen LogP contribution in [0.4, 0.5) is 0 Å². The summed E-state index contributed by atoms with van der Waals surface area (Å²) in [5.41, 5.74) is 1.38. The van der Waals surface area contributed by atoms with E-state index in [4.69, 9.17) is 4.74 Å². The van der Waals surface area contributed by atoms with Gasteiger partial charge >= 0.3 is 5.97 Å². The van der Waals surface area contributed by atoms with E-state index in [1.807, 2.05) is 24.4 Å². The normalized spacial score (nSPS) is 9.94. The molecule has 0 bridgehead atoms. The summed E-state index contributed by atoms with van der Waals surface area (Å²) in [7, 11) is 1.35. The van der Waals surface area contributed by atoms with Crippen molar-refractivity contribution in [2.75, 3.05) is 7.11 Å². The molecule has 1 N–H and O–H groups in total. The zero-order chi connectivity index (χ0) is 12.1. The van der Waals surface area contributed by atoms with Crippen LogP contribution in [0.5, 0.6) is 5.75 Å². The number of nitrogens with one attached hydrogen (secondary N) is 1. The number of hydrogen-bond donors (Lipinski definition) is 1. The van der Waals surface area contributed by atoms with Gasteiger partial charge in [-0.2, -0.15) is 0 Å². The maximum Gasteiger partial charge on any atom is 0.341 e. The average molecular weight is 231 g/mol. The number of rotatable bonds is 4. The first-order chi connectivity index (χ1) is 8.31. The van der Waals surface area contributed by atoms with Gasteiger partial charge in [0, 0.05) is 6.20 Å². The third-order valence-electron chi connectivity index (χ3n) is 2.34. The minimum absolute atomic E-state index is 0.390. The van der Waals surface area contributed by atoms with Crippen molar-refractivity contribution in [1.29, 1.82) is 0 Å². The number of para-hydroxylation sites is 1. The number of carbonyl (C=O) groups excluding carboxylic acids is 1. The van der Waals surface area contributed by atoms with Crippen LogP contribution in [0.3, 0.4) is 0 Å². The molecule has 0 saturated carbocycles. The quantitative estimate of drug-likeness (QED) is 0.822. The van der Waals surface area contributed by atoms with Gasteiger partial charge in [-0.15, -0.1) is 0 Å². The second-order valence-corrected chi connectivity index (χ2v) is 3.47. The topological polar surface area (TPSA) is 51.3 Å². The van der Waals surface area contributed by atoms with Crippen molar-refractivity contribution >= 4 is 5.97 Å². The Bertz CT molecular complexity index is 491. The first-order valence-electron chi connectivity index (χ1n) is 5.23. The number of benzene rings is 1. The predicted molar refractivity (Wildman–Crippen MR) is 62.9 cm³/mol. The van der Waals surface area contributed by atoms with Gasteiger partial charge in [0.25, 0.3) is 0 Å². The Morgan fingerprint density at radius 3 is 2.76 bits per heavy atom. The Kier molecular flexibility index (Phi) is 3.45. The van der Waals surface area contributed by atoms with E-state index in [1.54, 1.807) is 18.2 Å². The van der Waals surface area contributed by atoms with Crippen LogP contribution in [0.1, 0.15) is 16.1 Å². The van der Waals surface area contributed by atoms with E-state index in [9.17, 15) is 4.79 Å². The van der Waals surface area contributed by atoms with Gasteiger partial charge in [-0.25, -0.2) is 4.79 Å². The standard InChI is InChI=1S/C13H13NO3/c1-16-13(15)11-6-2-3-7-12(11)17-9-10-5-4-8-14-10/h2-8,14H,9H2,1H3. The zero-order valence-corrected chi connectivity index (χ0v) is 9.47. The number of esters is 1. The van der Waals surface area contributed by atoms with E-state index in [0.29, 0.717) is 17.9 Å². The molecule has 0 unspecified atom stereocenters. The maximum absolute atomic E-state index is 11.5. The van der Waals surface area contributed by atoms with E-state index in [0.717, 1.165) is 5.69 Å². The number of H-pyrrole nitrogens is 1. The van der Waals surface area contributed by atoms with E-state index in [1.165, 1.54) is 7.11 Å². The Labute approximate surface area is 99.2 Å². The molecule has 1 heterocycles. The van der Waals surface area contributed by atoms with Gasteiger partial charge in [-0.1, -0.05) is 12.1 Å². The molecular weight excluding hydrogens is 218 g/mol. The van der Waals surface area contributed by atoms with E-state index in [-0.39, 0.29) is 0 Å². The van der Waals surface area contributed by atoms with Crippen molar-refractivity contribution in [2.24, 2.45) is 0 Å². The van der Waals surface area contributed by atoms with Gasteiger partial charge in [0.2, 0.25) is 0 Å². The molecule has 88 valence electrons. The third-order valence-corrected chi connectivity index (χ3v) is 2.34. The first kappa shape index (κ1) is 11.3. The number of ether oxygens (including phenoxy) is 2. The van der Waals surface area contributed by atoms with E-state index >= 15 is 0 Å². The lowest BCUT2D eigenvalue weighted by molar-refractivity contribution is 0.0595. The molecular formula is C13H13NO3. The molecule has 1 aromatic heterocycles. The summed E-state index contributed by atoms with van der Waals surface area (Å²) in [6, 6.07) is 10.8. The van der Waals surface area contributed by atoms with Crippen LogP contribution in [0.2, 0.25) is 0 Å². The monoisotopic (exact) mass is 231 g/mol. The Morgan fingerprint density at radius 1 is 1.24 bits per heavy atom. The average Bonchev–Trinajstić information content (AvgIpc) is 2.89. The largest absolute Gasteiger partial charge is 0.486 e. The number of hydrogen-bond acceptors (Lipinski definition) is 3. The minimum Gasteiger partial charge on any atom is -0.486 e. The number of aromatic amines is 1. The summed E-state index contributed by atoms with van der Waals surface area (Å²) in [5, 5.41) is 0. The van der Waals surface area contributed by atoms with E-state index < -0.39 is 5.97 Å². The number of aromatic nitrogens is 1. The molecule has 0 amide bonds. The van der Waals surface area contributed by atoms with Crippen LogP contribution in [0.25, 0.3) is 0 Å². The Hall–Kier alpha value is -2.23. The molecule has 0 saturated heterocycles. The number of carbonyl (C=O) groups is 1. The molecule has 4 heteroatoms. The Balaban J connectivity index is 2.12. The highest BCUT2D eigenvalue weighted by Gasteiger charge is 2.11. The molecule has 0 aliphatic carbocycles. The molecule has 0 fully saturated rings. The lowest BCUT2D eigenvalue weighted by Crippen LogP contribution is -2.05. The highest BCUT2D eigenvalue weighted by Crippen LogP contribution is 2.19. The van der Waals surface area contributed by atoms with Crippen molar-refractivity contribution in [1.82, 2.24) is 4.98 Å². The molecule has 0 aliphatic heterocycles. The third kappa shape index (κ3) is 2.66. The van der Waals surface area contributed by atoms with Gasteiger partial charge in [0.1, 0.15) is 17.9 Å². The maximum atomic E-state index is 11.5. The summed E-state index contributed by atoms with van der Waals surface area (Å²) in [6.07, 6.45) is 1.82. The van der Waals surface area contributed by atoms with Crippen molar-refractivity contribution in [3.05, 3.63) is 53.9 Å². The molecule has 17 heavy (non-hydrogen) atoms. The van der Waals surface area contributed by atoms with Crippen LogP contribution in [-0.4, -0.2) is 18.1 Å². The fraction of sp³-hybridized carbons (Fsp3) is 0.154. The highest BCUT2D eigenvalue weighted by atomic mass is 16.5. The molecule has 2 rings (SSSR count). The summed E-state index contributed by atoms with van der Waals surface area (Å²) in [4.78, 5) is 14.5. The summed E-state index contributed by atoms with van der Waals surface area (Å²) >= 11 is 0. The lowest BCUT2D eigenvalue weighted by atomic mass is 10.2. The second-order valence-electron chi connectivity index (χ2n) is 3.47. The van der Waals surface area contributed by atoms with Crippen LogP contribution in [0, 0.1) is 0 Å². The SMILES string of the molecule is COC(=O)c1ccccc1OCc1ccc[nH]1. The van der Waals surface area contributed by atoms with Crippen LogP contribution in [-0.2, 0) is 11.3 Å². The van der Waals surface area contributed by atoms with Gasteiger partial charge in [-0.05, 0) is 24.3 Å². The van der Waals surface area contributed by atoms with Gasteiger partial charge < -0.3 is 14.5 Å². The smallest absolute Gasteiger partial charge is 0.341 e. The van der Waals surface area contributed by atoms with Gasteiger partial charge in [0.15, 0.2) is 0 Å². The molecule has 0 aliphatic rings. The van der Waals surface area contributed by atoms with Crippen molar-refractivity contribution < 1.29 is 14.3 Å². The lowest BCUT2D eigenvalue weighted by Gasteiger charge is -2.09. The van der Waals surface area contributed by atoms with Gasteiger partial charge in [0.05, 0.1) is 12.8 Å². The second kappa shape index (κ2) is 5.21. The van der Waals surface area contributed by atoms with Crippen molar-refractivity contribution in [3.63, 3.8) is 0 Å². The van der Waals surface area contributed by atoms with Crippen molar-refractivity contribution in [2.45, 2.75) is 6.61 Å². The van der Waals surface area contributed by atoms with E-state index in [2.05, 4.69) is 9.72 Å². The van der Waals surface area contributed by atoms with Crippen LogP contribution < -0.4 is 4.74 Å². The van der Waals surface area contributed by atoms with Crippen LogP contribution >= 0.6 is 0 Å². The molecule has 0 atom stereocenters. The fourth-order valence-electron chi connectivity index (χ4n) is 1.48. The highest BCUT2D eigenvalue weighted by molar-refractivity contribution is 5.92. The molecule has 0 spiro atoms. The minimum atomic E-state index is -0.396. The molecule has 4 nitrogen and oxygen atoms in total. The first-order valence-corrected chi connectivity index (χ1v) is 5.23. The molecule has 2 aromatic rings. The molecule has 0 radical (unpaired) electrons. The zero-order valence-electron chi connectivity index (χ0n) is 9.47. The van der Waals surface area contributed by atoms with Gasteiger partial charge in [-0.3, -0.25) is 0 Å². The van der Waals surface area contributed by atoms with Crippen LogP contribution in [0.15, 0.2) is 42.6 Å². The summed E-state index contributed by atoms with van der Waals surface area (Å²) in [6.45, 7) is 0.390. The van der Waals surface area contributed by atoms with Crippen molar-refractivity contribution in [3.8, 4) is 5.75 Å². The summed E-state index contributed by atoms with van der Waals surface area (Å²) in [5.74, 6) is 0.126. The fourth-order valence-corrected chi connectivity index (χ4v) is 1.48. The molecule has 1 aromatic carbocycles. The number of methoxy groups -OCH3 is 1. The Morgan fingerprint density at radius 2 is 2.06 bits per heavy atom.